The topological polar surface area (TPSA) is 70.6 Å². The Morgan fingerprint density at radius 1 is 1.62 bits per heavy atom. The summed E-state index contributed by atoms with van der Waals surface area (Å²) in [6.45, 7) is 2.65. The van der Waals surface area contributed by atoms with Crippen LogP contribution < -0.4 is 11.1 Å². The van der Waals surface area contributed by atoms with Crippen LogP contribution in [0.5, 0.6) is 0 Å². The van der Waals surface area contributed by atoms with Gasteiger partial charge in [0.05, 0.1) is 6.54 Å². The molecule has 4 nitrogen and oxygen atoms in total. The molecule has 0 aromatic carbocycles. The van der Waals surface area contributed by atoms with E-state index < -0.39 is 0 Å². The van der Waals surface area contributed by atoms with Gasteiger partial charge in [0.2, 0.25) is 0 Å². The van der Waals surface area contributed by atoms with Crippen molar-refractivity contribution in [3.63, 3.8) is 0 Å². The van der Waals surface area contributed by atoms with E-state index in [1.807, 2.05) is 0 Å². The summed E-state index contributed by atoms with van der Waals surface area (Å²) in [4.78, 5) is 0. The van der Waals surface area contributed by atoms with Crippen molar-refractivity contribution in [2.24, 2.45) is 16.8 Å². The zero-order chi connectivity index (χ0) is 9.68. The second-order valence-corrected chi connectivity index (χ2v) is 3.81. The fraction of sp³-hybridized carbons (Fsp3) is 0.889. The maximum atomic E-state index is 8.34. The molecule has 0 amide bonds. The molecule has 1 atom stereocenters. The molecule has 1 rings (SSSR count). The molecule has 4 N–H and O–H groups in total. The number of hydrogen-bond donors (Lipinski definition) is 3. The lowest BCUT2D eigenvalue weighted by molar-refractivity contribution is 0.315. The number of amidine groups is 1. The predicted molar refractivity (Wildman–Crippen MR) is 52.8 cm³/mol. The fourth-order valence-corrected chi connectivity index (χ4v) is 1.92. The molecule has 0 spiro atoms. The Kier molecular flexibility index (Phi) is 4.02. The summed E-state index contributed by atoms with van der Waals surface area (Å²) >= 11 is 0. The number of hydrogen-bond acceptors (Lipinski definition) is 3. The summed E-state index contributed by atoms with van der Waals surface area (Å²) in [6.07, 6.45) is 5.31. The van der Waals surface area contributed by atoms with Crippen LogP contribution in [0.15, 0.2) is 5.16 Å². The summed E-state index contributed by atoms with van der Waals surface area (Å²) < 4.78 is 0. The van der Waals surface area contributed by atoms with E-state index in [9.17, 15) is 0 Å². The van der Waals surface area contributed by atoms with Gasteiger partial charge in [-0.15, -0.1) is 0 Å². The summed E-state index contributed by atoms with van der Waals surface area (Å²) in [6, 6.07) is 0.475. The van der Waals surface area contributed by atoms with Gasteiger partial charge in [-0.2, -0.15) is 0 Å². The van der Waals surface area contributed by atoms with Crippen LogP contribution >= 0.6 is 0 Å². The van der Waals surface area contributed by atoms with Crippen molar-refractivity contribution in [3.05, 3.63) is 0 Å². The summed E-state index contributed by atoms with van der Waals surface area (Å²) in [7, 11) is 0. The van der Waals surface area contributed by atoms with Gasteiger partial charge >= 0.3 is 0 Å². The predicted octanol–water partition coefficient (Wildman–Crippen LogP) is 0.901. The Labute approximate surface area is 79.2 Å². The molecule has 1 saturated carbocycles. The largest absolute Gasteiger partial charge is 0.409 e. The van der Waals surface area contributed by atoms with Gasteiger partial charge in [0.1, 0.15) is 0 Å². The van der Waals surface area contributed by atoms with E-state index in [1.165, 1.54) is 25.7 Å². The van der Waals surface area contributed by atoms with Crippen molar-refractivity contribution in [2.45, 2.75) is 38.6 Å². The molecule has 0 aliphatic heterocycles. The fourth-order valence-electron chi connectivity index (χ4n) is 1.92. The third-order valence-electron chi connectivity index (χ3n) is 2.84. The molecule has 0 radical (unpaired) electrons. The molecular weight excluding hydrogens is 166 g/mol. The molecule has 0 bridgehead atoms. The molecule has 1 fully saturated rings. The van der Waals surface area contributed by atoms with Crippen LogP contribution in [0.4, 0.5) is 0 Å². The molecule has 0 heterocycles. The molecule has 0 unspecified atom stereocenters. The van der Waals surface area contributed by atoms with Crippen LogP contribution in [-0.2, 0) is 0 Å². The second kappa shape index (κ2) is 5.07. The number of rotatable bonds is 4. The Hall–Kier alpha value is -0.770. The Morgan fingerprint density at radius 3 is 2.77 bits per heavy atom. The normalized spacial score (nSPS) is 22.1. The lowest BCUT2D eigenvalue weighted by atomic mass is 10.00. The van der Waals surface area contributed by atoms with Gasteiger partial charge in [0.15, 0.2) is 5.84 Å². The van der Waals surface area contributed by atoms with Crippen molar-refractivity contribution in [1.29, 1.82) is 0 Å². The highest BCUT2D eigenvalue weighted by Gasteiger charge is 2.20. The highest BCUT2D eigenvalue weighted by Crippen LogP contribution is 2.27. The quantitative estimate of drug-likeness (QED) is 0.264. The first kappa shape index (κ1) is 10.3. The smallest absolute Gasteiger partial charge is 0.153 e. The van der Waals surface area contributed by atoms with Gasteiger partial charge in [0, 0.05) is 6.04 Å². The first-order valence-electron chi connectivity index (χ1n) is 4.94. The van der Waals surface area contributed by atoms with Gasteiger partial charge in [-0.3, -0.25) is 0 Å². The first-order valence-corrected chi connectivity index (χ1v) is 4.94. The summed E-state index contributed by atoms with van der Waals surface area (Å²) in [5, 5.41) is 14.5. The summed E-state index contributed by atoms with van der Waals surface area (Å²) in [5.41, 5.74) is 5.36. The number of nitrogens with one attached hydrogen (secondary N) is 1. The molecule has 4 heteroatoms. The Bertz CT molecular complexity index is 176. The molecule has 0 aromatic rings. The molecule has 1 aliphatic carbocycles. The van der Waals surface area contributed by atoms with E-state index in [-0.39, 0.29) is 5.84 Å². The van der Waals surface area contributed by atoms with Crippen molar-refractivity contribution in [2.75, 3.05) is 6.54 Å². The highest BCUT2D eigenvalue weighted by atomic mass is 16.4. The zero-order valence-corrected chi connectivity index (χ0v) is 8.16. The number of nitrogens with zero attached hydrogens (tertiary/aromatic N) is 1. The summed E-state index contributed by atoms with van der Waals surface area (Å²) in [5.74, 6) is 1.02. The van der Waals surface area contributed by atoms with Crippen LogP contribution in [0.3, 0.4) is 0 Å². The maximum Gasteiger partial charge on any atom is 0.153 e. The van der Waals surface area contributed by atoms with E-state index in [1.54, 1.807) is 0 Å². The molecule has 0 aromatic heterocycles. The SMILES string of the molecule is C[C@@H](NCC(N)=NO)C1CCCC1. The molecule has 0 saturated heterocycles. The van der Waals surface area contributed by atoms with Crippen LogP contribution in [0.2, 0.25) is 0 Å². The minimum Gasteiger partial charge on any atom is -0.409 e. The van der Waals surface area contributed by atoms with Crippen LogP contribution in [-0.4, -0.2) is 23.6 Å². The van der Waals surface area contributed by atoms with Crippen molar-refractivity contribution >= 4 is 5.84 Å². The van der Waals surface area contributed by atoms with Crippen molar-refractivity contribution in [3.8, 4) is 0 Å². The average molecular weight is 185 g/mol. The molecule has 76 valence electrons. The van der Waals surface area contributed by atoms with E-state index in [2.05, 4.69) is 17.4 Å². The Morgan fingerprint density at radius 2 is 2.23 bits per heavy atom. The van der Waals surface area contributed by atoms with Gasteiger partial charge in [0.25, 0.3) is 0 Å². The van der Waals surface area contributed by atoms with Gasteiger partial charge in [-0.1, -0.05) is 18.0 Å². The lowest BCUT2D eigenvalue weighted by Gasteiger charge is -2.19. The monoisotopic (exact) mass is 185 g/mol. The van der Waals surface area contributed by atoms with Gasteiger partial charge < -0.3 is 16.3 Å². The molecule has 13 heavy (non-hydrogen) atoms. The molecule has 1 aliphatic rings. The average Bonchev–Trinajstić information content (AvgIpc) is 2.66. The van der Waals surface area contributed by atoms with Gasteiger partial charge in [-0.05, 0) is 25.7 Å². The first-order chi connectivity index (χ1) is 6.24. The Balaban J connectivity index is 2.20. The van der Waals surface area contributed by atoms with Crippen molar-refractivity contribution in [1.82, 2.24) is 5.32 Å². The third kappa shape index (κ3) is 3.22. The zero-order valence-electron chi connectivity index (χ0n) is 8.16. The second-order valence-electron chi connectivity index (χ2n) is 3.81. The standard InChI is InChI=1S/C9H19N3O/c1-7(8-4-2-3-5-8)11-6-9(10)12-13/h7-8,11,13H,2-6H2,1H3,(H2,10,12)/t7-/m1/s1. The minimum absolute atomic E-state index is 0.254. The number of nitrogens with two attached hydrogens (primary N) is 1. The van der Waals surface area contributed by atoms with Crippen LogP contribution in [0.25, 0.3) is 0 Å². The highest BCUT2D eigenvalue weighted by molar-refractivity contribution is 5.81. The maximum absolute atomic E-state index is 8.34. The van der Waals surface area contributed by atoms with Gasteiger partial charge in [-0.25, -0.2) is 0 Å². The van der Waals surface area contributed by atoms with E-state index in [0.717, 1.165) is 5.92 Å². The van der Waals surface area contributed by atoms with Crippen molar-refractivity contribution < 1.29 is 5.21 Å². The van der Waals surface area contributed by atoms with Crippen LogP contribution in [0, 0.1) is 5.92 Å². The van der Waals surface area contributed by atoms with E-state index in [4.69, 9.17) is 10.9 Å². The minimum atomic E-state index is 0.254. The van der Waals surface area contributed by atoms with E-state index in [0.29, 0.717) is 12.6 Å². The lowest BCUT2D eigenvalue weighted by Crippen LogP contribution is -2.38. The number of oxime groups is 1. The van der Waals surface area contributed by atoms with Crippen LogP contribution in [0.1, 0.15) is 32.6 Å². The molecular formula is C9H19N3O. The third-order valence-corrected chi connectivity index (χ3v) is 2.84. The van der Waals surface area contributed by atoms with E-state index >= 15 is 0 Å².